The number of rotatable bonds is 3. The van der Waals surface area contributed by atoms with Crippen LogP contribution in [0.4, 0.5) is 5.82 Å². The fourth-order valence-corrected chi connectivity index (χ4v) is 1.77. The number of hydrogen-bond acceptors (Lipinski definition) is 4. The summed E-state index contributed by atoms with van der Waals surface area (Å²) in [6.45, 7) is 7.65. The molecule has 0 aliphatic rings. The van der Waals surface area contributed by atoms with E-state index in [9.17, 15) is 4.79 Å². The molecular weight excluding hydrogens is 278 g/mol. The summed E-state index contributed by atoms with van der Waals surface area (Å²) in [6, 6.07) is 0. The summed E-state index contributed by atoms with van der Waals surface area (Å²) in [5.41, 5.74) is 1.94. The second-order valence-corrected chi connectivity index (χ2v) is 5.26. The van der Waals surface area contributed by atoms with Gasteiger partial charge in [-0.15, -0.1) is 0 Å². The highest BCUT2D eigenvalue weighted by Gasteiger charge is 2.17. The van der Waals surface area contributed by atoms with Crippen LogP contribution < -0.4 is 5.32 Å². The summed E-state index contributed by atoms with van der Waals surface area (Å²) in [5, 5.41) is 9.75. The minimum absolute atomic E-state index is 0.119. The first-order valence-corrected chi connectivity index (χ1v) is 6.63. The molecule has 2 N–H and O–H groups in total. The SMILES string of the molecule is Cc1[nH]nc(NC(=O)c2nc(C(C)C)ncc2Cl)c1C. The number of aromatic nitrogens is 4. The van der Waals surface area contributed by atoms with Crippen LogP contribution in [0, 0.1) is 13.8 Å². The van der Waals surface area contributed by atoms with Gasteiger partial charge in [-0.25, -0.2) is 9.97 Å². The van der Waals surface area contributed by atoms with Gasteiger partial charge in [-0.2, -0.15) is 5.10 Å². The van der Waals surface area contributed by atoms with E-state index >= 15 is 0 Å². The van der Waals surface area contributed by atoms with E-state index < -0.39 is 5.91 Å². The van der Waals surface area contributed by atoms with E-state index in [0.29, 0.717) is 11.6 Å². The van der Waals surface area contributed by atoms with Crippen molar-refractivity contribution in [2.45, 2.75) is 33.6 Å². The van der Waals surface area contributed by atoms with Crippen LogP contribution in [0.5, 0.6) is 0 Å². The minimum Gasteiger partial charge on any atom is -0.303 e. The van der Waals surface area contributed by atoms with Gasteiger partial charge in [-0.1, -0.05) is 25.4 Å². The molecule has 0 saturated carbocycles. The van der Waals surface area contributed by atoms with Gasteiger partial charge in [-0.3, -0.25) is 9.89 Å². The number of carbonyl (C=O) groups excluding carboxylic acids is 1. The summed E-state index contributed by atoms with van der Waals surface area (Å²) < 4.78 is 0. The molecule has 20 heavy (non-hydrogen) atoms. The predicted octanol–water partition coefficient (Wildman–Crippen LogP) is 2.85. The van der Waals surface area contributed by atoms with Crippen LogP contribution in [0.2, 0.25) is 5.02 Å². The first-order valence-electron chi connectivity index (χ1n) is 6.25. The van der Waals surface area contributed by atoms with Crippen LogP contribution in [0.3, 0.4) is 0 Å². The molecule has 0 atom stereocenters. The van der Waals surface area contributed by atoms with Crippen molar-refractivity contribution in [1.29, 1.82) is 0 Å². The van der Waals surface area contributed by atoms with Gasteiger partial charge in [0.05, 0.1) is 11.2 Å². The maximum absolute atomic E-state index is 12.2. The molecule has 2 aromatic heterocycles. The molecule has 2 aromatic rings. The number of nitrogens with one attached hydrogen (secondary N) is 2. The maximum atomic E-state index is 12.2. The van der Waals surface area contributed by atoms with E-state index in [1.165, 1.54) is 6.20 Å². The molecule has 2 rings (SSSR count). The number of halogens is 1. The van der Waals surface area contributed by atoms with Crippen LogP contribution in [-0.2, 0) is 0 Å². The normalized spacial score (nSPS) is 10.9. The van der Waals surface area contributed by atoms with Crippen molar-refractivity contribution < 1.29 is 4.79 Å². The Balaban J connectivity index is 2.29. The zero-order valence-corrected chi connectivity index (χ0v) is 12.5. The highest BCUT2D eigenvalue weighted by molar-refractivity contribution is 6.33. The molecule has 0 saturated heterocycles. The molecule has 0 spiro atoms. The molecule has 0 unspecified atom stereocenters. The van der Waals surface area contributed by atoms with Crippen molar-refractivity contribution in [3.8, 4) is 0 Å². The molecule has 0 radical (unpaired) electrons. The van der Waals surface area contributed by atoms with Crippen LogP contribution in [-0.4, -0.2) is 26.1 Å². The van der Waals surface area contributed by atoms with Crippen LogP contribution >= 0.6 is 11.6 Å². The summed E-state index contributed by atoms with van der Waals surface area (Å²) >= 11 is 5.99. The number of hydrogen-bond donors (Lipinski definition) is 2. The first kappa shape index (κ1) is 14.5. The largest absolute Gasteiger partial charge is 0.303 e. The Morgan fingerprint density at radius 3 is 2.65 bits per heavy atom. The average Bonchev–Trinajstić information content (AvgIpc) is 2.71. The average molecular weight is 294 g/mol. The molecule has 1 amide bonds. The monoisotopic (exact) mass is 293 g/mol. The Kier molecular flexibility index (Phi) is 4.04. The zero-order valence-electron chi connectivity index (χ0n) is 11.8. The van der Waals surface area contributed by atoms with Gasteiger partial charge < -0.3 is 5.32 Å². The minimum atomic E-state index is -0.395. The van der Waals surface area contributed by atoms with Crippen molar-refractivity contribution in [3.05, 3.63) is 34.0 Å². The number of anilines is 1. The molecule has 106 valence electrons. The Morgan fingerprint density at radius 1 is 1.40 bits per heavy atom. The quantitative estimate of drug-likeness (QED) is 0.911. The topological polar surface area (TPSA) is 83.6 Å². The molecule has 7 heteroatoms. The van der Waals surface area contributed by atoms with Gasteiger partial charge in [0, 0.05) is 17.2 Å². The highest BCUT2D eigenvalue weighted by Crippen LogP contribution is 2.19. The standard InChI is InChI=1S/C13H16ClN5O/c1-6(2)11-15-5-9(14)10(16-11)13(20)17-12-7(3)8(4)18-19-12/h5-6H,1-4H3,(H2,17,18,19,20). The van der Waals surface area contributed by atoms with Crippen LogP contribution in [0.15, 0.2) is 6.20 Å². The Morgan fingerprint density at radius 2 is 2.10 bits per heavy atom. The molecule has 0 fully saturated rings. The predicted molar refractivity (Wildman–Crippen MR) is 77.1 cm³/mol. The number of aryl methyl sites for hydroxylation is 1. The van der Waals surface area contributed by atoms with Crippen molar-refractivity contribution in [2.24, 2.45) is 0 Å². The first-order chi connectivity index (χ1) is 9.40. The molecule has 0 aromatic carbocycles. The van der Waals surface area contributed by atoms with Crippen molar-refractivity contribution in [1.82, 2.24) is 20.2 Å². The Hall–Kier alpha value is -1.95. The molecule has 6 nitrogen and oxygen atoms in total. The molecule has 2 heterocycles. The van der Waals surface area contributed by atoms with E-state index in [4.69, 9.17) is 11.6 Å². The molecular formula is C13H16ClN5O. The number of aromatic amines is 1. The third-order valence-electron chi connectivity index (χ3n) is 2.98. The lowest BCUT2D eigenvalue weighted by Gasteiger charge is -2.08. The van der Waals surface area contributed by atoms with E-state index in [-0.39, 0.29) is 16.6 Å². The maximum Gasteiger partial charge on any atom is 0.277 e. The summed E-state index contributed by atoms with van der Waals surface area (Å²) in [6.07, 6.45) is 1.45. The van der Waals surface area contributed by atoms with E-state index in [1.54, 1.807) is 0 Å². The van der Waals surface area contributed by atoms with Crippen molar-refractivity contribution in [3.63, 3.8) is 0 Å². The summed E-state index contributed by atoms with van der Waals surface area (Å²) in [4.78, 5) is 20.5. The smallest absolute Gasteiger partial charge is 0.277 e. The van der Waals surface area contributed by atoms with Crippen molar-refractivity contribution in [2.75, 3.05) is 5.32 Å². The van der Waals surface area contributed by atoms with Gasteiger partial charge >= 0.3 is 0 Å². The molecule has 0 aliphatic carbocycles. The Bertz CT molecular complexity index is 650. The number of H-pyrrole nitrogens is 1. The molecule has 0 aliphatic heterocycles. The van der Waals surface area contributed by atoms with Crippen molar-refractivity contribution >= 4 is 23.3 Å². The summed E-state index contributed by atoms with van der Waals surface area (Å²) in [5.74, 6) is 0.782. The fourth-order valence-electron chi connectivity index (χ4n) is 1.59. The van der Waals surface area contributed by atoms with E-state index in [1.807, 2.05) is 27.7 Å². The van der Waals surface area contributed by atoms with Gasteiger partial charge in [0.1, 0.15) is 5.82 Å². The lowest BCUT2D eigenvalue weighted by Crippen LogP contribution is -2.17. The van der Waals surface area contributed by atoms with E-state index in [0.717, 1.165) is 11.3 Å². The number of amides is 1. The third kappa shape index (κ3) is 2.80. The molecule has 0 bridgehead atoms. The lowest BCUT2D eigenvalue weighted by atomic mass is 10.2. The van der Waals surface area contributed by atoms with Gasteiger partial charge in [0.15, 0.2) is 11.5 Å². The number of carbonyl (C=O) groups is 1. The van der Waals surface area contributed by atoms with Gasteiger partial charge in [0.2, 0.25) is 0 Å². The third-order valence-corrected chi connectivity index (χ3v) is 3.26. The van der Waals surface area contributed by atoms with Gasteiger partial charge in [-0.05, 0) is 13.8 Å². The summed E-state index contributed by atoms with van der Waals surface area (Å²) in [7, 11) is 0. The van der Waals surface area contributed by atoms with E-state index in [2.05, 4.69) is 25.5 Å². The second kappa shape index (κ2) is 5.58. The van der Waals surface area contributed by atoms with Gasteiger partial charge in [0.25, 0.3) is 5.91 Å². The highest BCUT2D eigenvalue weighted by atomic mass is 35.5. The number of nitrogens with zero attached hydrogens (tertiary/aromatic N) is 3. The lowest BCUT2D eigenvalue weighted by molar-refractivity contribution is 0.102. The van der Waals surface area contributed by atoms with Crippen LogP contribution in [0.1, 0.15) is 47.3 Å². The van der Waals surface area contributed by atoms with Crippen LogP contribution in [0.25, 0.3) is 0 Å². The Labute approximate surface area is 122 Å². The zero-order chi connectivity index (χ0) is 14.9. The fraction of sp³-hybridized carbons (Fsp3) is 0.385. The second-order valence-electron chi connectivity index (χ2n) is 4.86.